The summed E-state index contributed by atoms with van der Waals surface area (Å²) in [6, 6.07) is 6.01. The van der Waals surface area contributed by atoms with Crippen LogP contribution in [0.4, 0.5) is 0 Å². The lowest BCUT2D eigenvalue weighted by molar-refractivity contribution is 0.0599. The zero-order valence-corrected chi connectivity index (χ0v) is 13.2. The molecule has 0 saturated carbocycles. The minimum absolute atomic E-state index is 0.0164. The van der Waals surface area contributed by atoms with Gasteiger partial charge in [-0.15, -0.1) is 0 Å². The fourth-order valence-corrected chi connectivity index (χ4v) is 3.45. The van der Waals surface area contributed by atoms with E-state index in [2.05, 4.69) is 9.11 Å². The Morgan fingerprint density at radius 2 is 1.95 bits per heavy atom. The molecule has 0 radical (unpaired) electrons. The van der Waals surface area contributed by atoms with E-state index in [1.54, 1.807) is 19.9 Å². The van der Waals surface area contributed by atoms with E-state index in [4.69, 9.17) is 4.18 Å². The van der Waals surface area contributed by atoms with Gasteiger partial charge < -0.3 is 8.92 Å². The van der Waals surface area contributed by atoms with Gasteiger partial charge in [-0.2, -0.15) is 12.8 Å². The van der Waals surface area contributed by atoms with E-state index in [-0.39, 0.29) is 15.5 Å². The van der Waals surface area contributed by atoms with Gasteiger partial charge in [0.2, 0.25) is 0 Å². The number of carbonyl (C=O) groups is 1. The average molecular weight is 327 g/mol. The SMILES string of the molecule is COC(=O)c1ccc(C)cc1OS(=O)(=O)c1cc(C)ns1. The molecule has 1 heterocycles. The summed E-state index contributed by atoms with van der Waals surface area (Å²) in [6.45, 7) is 3.44. The molecule has 21 heavy (non-hydrogen) atoms. The Hall–Kier alpha value is -1.93. The number of hydrogen-bond acceptors (Lipinski definition) is 7. The first-order valence-electron chi connectivity index (χ1n) is 5.90. The number of aromatic nitrogens is 1. The molecule has 0 spiro atoms. The molecule has 0 aliphatic heterocycles. The minimum atomic E-state index is -4.03. The Bertz CT molecular complexity index is 780. The Kier molecular flexibility index (Phi) is 4.29. The van der Waals surface area contributed by atoms with Crippen LogP contribution in [-0.4, -0.2) is 25.9 Å². The molecule has 6 nitrogen and oxygen atoms in total. The van der Waals surface area contributed by atoms with Crippen LogP contribution in [0.2, 0.25) is 0 Å². The van der Waals surface area contributed by atoms with E-state index >= 15 is 0 Å². The van der Waals surface area contributed by atoms with Crippen LogP contribution in [-0.2, 0) is 14.9 Å². The van der Waals surface area contributed by atoms with E-state index < -0.39 is 16.1 Å². The van der Waals surface area contributed by atoms with Gasteiger partial charge in [0.25, 0.3) is 0 Å². The normalized spacial score (nSPS) is 11.2. The minimum Gasteiger partial charge on any atom is -0.465 e. The second kappa shape index (κ2) is 5.82. The first-order valence-corrected chi connectivity index (χ1v) is 8.08. The van der Waals surface area contributed by atoms with Crippen molar-refractivity contribution in [1.29, 1.82) is 0 Å². The monoisotopic (exact) mass is 327 g/mol. The summed E-state index contributed by atoms with van der Waals surface area (Å²) >= 11 is 0.821. The number of carbonyl (C=O) groups excluding carboxylic acids is 1. The summed E-state index contributed by atoms with van der Waals surface area (Å²) in [7, 11) is -2.81. The van der Waals surface area contributed by atoms with Crippen molar-refractivity contribution in [2.75, 3.05) is 7.11 Å². The highest BCUT2D eigenvalue weighted by atomic mass is 32.3. The van der Waals surface area contributed by atoms with E-state index in [1.165, 1.54) is 25.3 Å². The van der Waals surface area contributed by atoms with Crippen molar-refractivity contribution >= 4 is 27.6 Å². The predicted molar refractivity (Wildman–Crippen MR) is 77.2 cm³/mol. The zero-order valence-electron chi connectivity index (χ0n) is 11.6. The molecule has 0 unspecified atom stereocenters. The first kappa shape index (κ1) is 15.5. The third-order valence-electron chi connectivity index (χ3n) is 2.59. The summed E-state index contributed by atoms with van der Waals surface area (Å²) in [4.78, 5) is 11.7. The number of nitrogens with zero attached hydrogens (tertiary/aromatic N) is 1. The molecule has 0 aliphatic rings. The molecule has 0 aliphatic carbocycles. The van der Waals surface area contributed by atoms with Crippen molar-refractivity contribution in [2.24, 2.45) is 0 Å². The van der Waals surface area contributed by atoms with Crippen molar-refractivity contribution in [3.05, 3.63) is 41.1 Å². The lowest BCUT2D eigenvalue weighted by Crippen LogP contribution is -2.12. The highest BCUT2D eigenvalue weighted by Gasteiger charge is 2.23. The van der Waals surface area contributed by atoms with E-state index in [9.17, 15) is 13.2 Å². The molecular formula is C13H13NO5S2. The summed E-state index contributed by atoms with van der Waals surface area (Å²) in [5, 5.41) is 0. The van der Waals surface area contributed by atoms with Gasteiger partial charge in [0, 0.05) is 0 Å². The fourth-order valence-electron chi connectivity index (χ4n) is 1.59. The maximum absolute atomic E-state index is 12.2. The summed E-state index contributed by atoms with van der Waals surface area (Å²) in [6.07, 6.45) is 0. The van der Waals surface area contributed by atoms with Crippen LogP contribution in [0, 0.1) is 13.8 Å². The van der Waals surface area contributed by atoms with Gasteiger partial charge in [-0.05, 0) is 49.1 Å². The molecule has 0 N–H and O–H groups in total. The molecule has 0 atom stereocenters. The van der Waals surface area contributed by atoms with Crippen molar-refractivity contribution < 1.29 is 22.1 Å². The number of methoxy groups -OCH3 is 1. The van der Waals surface area contributed by atoms with Crippen LogP contribution in [0.15, 0.2) is 28.5 Å². The van der Waals surface area contributed by atoms with E-state index in [1.807, 2.05) is 0 Å². The molecule has 1 aromatic carbocycles. The molecule has 0 amide bonds. The zero-order chi connectivity index (χ0) is 15.6. The number of hydrogen-bond donors (Lipinski definition) is 0. The lowest BCUT2D eigenvalue weighted by atomic mass is 10.1. The van der Waals surface area contributed by atoms with Crippen LogP contribution in [0.3, 0.4) is 0 Å². The van der Waals surface area contributed by atoms with Crippen LogP contribution >= 0.6 is 11.5 Å². The van der Waals surface area contributed by atoms with Crippen LogP contribution < -0.4 is 4.18 Å². The molecule has 0 saturated heterocycles. The lowest BCUT2D eigenvalue weighted by Gasteiger charge is -2.10. The highest BCUT2D eigenvalue weighted by Crippen LogP contribution is 2.26. The Labute approximate surface area is 126 Å². The van der Waals surface area contributed by atoms with Gasteiger partial charge in [-0.3, -0.25) is 0 Å². The maximum Gasteiger partial charge on any atom is 0.350 e. The van der Waals surface area contributed by atoms with Gasteiger partial charge in [0.1, 0.15) is 5.56 Å². The number of ether oxygens (including phenoxy) is 1. The quantitative estimate of drug-likeness (QED) is 0.633. The number of rotatable bonds is 4. The summed E-state index contributed by atoms with van der Waals surface area (Å²) < 4.78 is 38.0. The highest BCUT2D eigenvalue weighted by molar-refractivity contribution is 7.89. The first-order chi connectivity index (χ1) is 9.83. The Balaban J connectivity index is 2.43. The molecule has 2 rings (SSSR count). The second-order valence-electron chi connectivity index (χ2n) is 4.32. The number of benzene rings is 1. The average Bonchev–Trinajstić information content (AvgIpc) is 2.85. The van der Waals surface area contributed by atoms with Crippen molar-refractivity contribution in [3.8, 4) is 5.75 Å². The summed E-state index contributed by atoms with van der Waals surface area (Å²) in [5.41, 5.74) is 1.39. The summed E-state index contributed by atoms with van der Waals surface area (Å²) in [5.74, 6) is -0.728. The number of esters is 1. The van der Waals surface area contributed by atoms with Gasteiger partial charge in [0.15, 0.2) is 9.96 Å². The maximum atomic E-state index is 12.2. The van der Waals surface area contributed by atoms with Crippen LogP contribution in [0.25, 0.3) is 0 Å². The molecule has 0 bridgehead atoms. The molecule has 0 fully saturated rings. The van der Waals surface area contributed by atoms with Gasteiger partial charge in [-0.25, -0.2) is 4.79 Å². The van der Waals surface area contributed by atoms with E-state index in [0.29, 0.717) is 5.69 Å². The smallest absolute Gasteiger partial charge is 0.350 e. The molecule has 1 aromatic heterocycles. The Morgan fingerprint density at radius 1 is 1.24 bits per heavy atom. The van der Waals surface area contributed by atoms with E-state index in [0.717, 1.165) is 17.1 Å². The van der Waals surface area contributed by atoms with Crippen LogP contribution in [0.1, 0.15) is 21.6 Å². The van der Waals surface area contributed by atoms with Crippen LogP contribution in [0.5, 0.6) is 5.75 Å². The molecular weight excluding hydrogens is 314 g/mol. The largest absolute Gasteiger partial charge is 0.465 e. The second-order valence-corrected chi connectivity index (χ2v) is 6.89. The molecule has 112 valence electrons. The van der Waals surface area contributed by atoms with Crippen molar-refractivity contribution in [1.82, 2.24) is 4.37 Å². The predicted octanol–water partition coefficient (Wildman–Crippen LogP) is 2.31. The Morgan fingerprint density at radius 3 is 2.52 bits per heavy atom. The van der Waals surface area contributed by atoms with Crippen molar-refractivity contribution in [2.45, 2.75) is 18.1 Å². The third-order valence-corrected chi connectivity index (χ3v) is 5.12. The molecule has 2 aromatic rings. The van der Waals surface area contributed by atoms with Crippen molar-refractivity contribution in [3.63, 3.8) is 0 Å². The van der Waals surface area contributed by atoms with Gasteiger partial charge in [-0.1, -0.05) is 6.07 Å². The van der Waals surface area contributed by atoms with Gasteiger partial charge >= 0.3 is 16.1 Å². The van der Waals surface area contributed by atoms with Gasteiger partial charge in [0.05, 0.1) is 12.8 Å². The third kappa shape index (κ3) is 3.40. The standard InChI is InChI=1S/C13H13NO5S2/c1-8-4-5-10(13(15)18-3)11(6-8)19-21(16,17)12-7-9(2)14-20-12/h4-7H,1-3H3. The molecule has 8 heteroatoms. The topological polar surface area (TPSA) is 82.6 Å². The fraction of sp³-hybridized carbons (Fsp3) is 0.231. The number of aryl methyl sites for hydroxylation is 2.